The first-order chi connectivity index (χ1) is 7.02. The molecular formula is C9H21O4Si2. The van der Waals surface area contributed by atoms with Crippen molar-refractivity contribution in [1.29, 1.82) is 0 Å². The second-order valence-corrected chi connectivity index (χ2v) is 6.47. The highest BCUT2D eigenvalue weighted by molar-refractivity contribution is 6.62. The van der Waals surface area contributed by atoms with Crippen LogP contribution in [0.25, 0.3) is 0 Å². The molecule has 0 aliphatic rings. The Morgan fingerprint density at radius 1 is 1.07 bits per heavy atom. The van der Waals surface area contributed by atoms with Crippen molar-refractivity contribution in [2.24, 2.45) is 0 Å². The fourth-order valence-electron chi connectivity index (χ4n) is 1.24. The van der Waals surface area contributed by atoms with Crippen molar-refractivity contribution in [3.8, 4) is 0 Å². The highest BCUT2D eigenvalue weighted by Crippen LogP contribution is 2.19. The van der Waals surface area contributed by atoms with Gasteiger partial charge in [0.05, 0.1) is 0 Å². The number of rotatable bonds is 8. The molecule has 0 saturated heterocycles. The third kappa shape index (κ3) is 4.75. The lowest BCUT2D eigenvalue weighted by atomic mass is 10.5. The second-order valence-electron chi connectivity index (χ2n) is 3.40. The molecule has 4 nitrogen and oxygen atoms in total. The SMILES string of the molecule is CCO[Si](OCC)(OC(C)C)C(C)O[Si]. The Hall–Kier alpha value is 0.274. The molecule has 89 valence electrons. The zero-order chi connectivity index (χ0) is 11.9. The van der Waals surface area contributed by atoms with Gasteiger partial charge in [0.1, 0.15) is 5.73 Å². The quantitative estimate of drug-likeness (QED) is 0.610. The van der Waals surface area contributed by atoms with Crippen LogP contribution in [0.3, 0.4) is 0 Å². The van der Waals surface area contributed by atoms with Crippen LogP contribution in [0.2, 0.25) is 0 Å². The Bertz CT molecular complexity index is 160. The van der Waals surface area contributed by atoms with Crippen molar-refractivity contribution in [3.05, 3.63) is 0 Å². The van der Waals surface area contributed by atoms with Gasteiger partial charge in [-0.2, -0.15) is 0 Å². The average Bonchev–Trinajstić information content (AvgIpc) is 2.16. The number of hydrogen-bond acceptors (Lipinski definition) is 4. The molecule has 0 N–H and O–H groups in total. The molecule has 0 aromatic carbocycles. The molecule has 0 aromatic heterocycles. The third-order valence-corrected chi connectivity index (χ3v) is 5.65. The van der Waals surface area contributed by atoms with Crippen molar-refractivity contribution in [3.63, 3.8) is 0 Å². The molecule has 0 saturated carbocycles. The topological polar surface area (TPSA) is 36.9 Å². The molecule has 1 atom stereocenters. The molecule has 6 heteroatoms. The summed E-state index contributed by atoms with van der Waals surface area (Å²) in [6.45, 7) is 10.8. The Balaban J connectivity index is 4.70. The van der Waals surface area contributed by atoms with Gasteiger partial charge in [-0.15, -0.1) is 0 Å². The lowest BCUT2D eigenvalue weighted by molar-refractivity contribution is 0.0133. The Morgan fingerprint density at radius 2 is 1.53 bits per heavy atom. The lowest BCUT2D eigenvalue weighted by Crippen LogP contribution is -2.57. The molecule has 3 radical (unpaired) electrons. The van der Waals surface area contributed by atoms with Crippen LogP contribution in [0, 0.1) is 0 Å². The van der Waals surface area contributed by atoms with E-state index in [1.807, 2.05) is 34.6 Å². The highest BCUT2D eigenvalue weighted by Gasteiger charge is 2.48. The van der Waals surface area contributed by atoms with E-state index in [-0.39, 0.29) is 11.8 Å². The number of hydrogen-bond donors (Lipinski definition) is 0. The van der Waals surface area contributed by atoms with Crippen LogP contribution in [0.15, 0.2) is 0 Å². The van der Waals surface area contributed by atoms with E-state index in [1.54, 1.807) is 0 Å². The van der Waals surface area contributed by atoms with Crippen LogP contribution in [-0.2, 0) is 17.7 Å². The predicted octanol–water partition coefficient (Wildman–Crippen LogP) is 1.45. The van der Waals surface area contributed by atoms with Crippen molar-refractivity contribution >= 4 is 19.3 Å². The van der Waals surface area contributed by atoms with Crippen molar-refractivity contribution in [2.75, 3.05) is 13.2 Å². The van der Waals surface area contributed by atoms with Crippen molar-refractivity contribution < 1.29 is 17.7 Å². The maximum atomic E-state index is 5.81. The van der Waals surface area contributed by atoms with Crippen LogP contribution >= 0.6 is 0 Å². The second kappa shape index (κ2) is 7.53. The zero-order valence-corrected chi connectivity index (χ0v) is 12.2. The van der Waals surface area contributed by atoms with E-state index in [2.05, 4.69) is 10.5 Å². The van der Waals surface area contributed by atoms with E-state index in [1.165, 1.54) is 0 Å². The smallest absolute Gasteiger partial charge is 0.411 e. The predicted molar refractivity (Wildman–Crippen MR) is 61.5 cm³/mol. The van der Waals surface area contributed by atoms with Gasteiger partial charge in [0, 0.05) is 19.3 Å². The molecule has 0 amide bonds. The summed E-state index contributed by atoms with van der Waals surface area (Å²) in [5.74, 6) is 0. The molecule has 0 bridgehead atoms. The summed E-state index contributed by atoms with van der Waals surface area (Å²) in [5.41, 5.74) is -0.225. The van der Waals surface area contributed by atoms with E-state index >= 15 is 0 Å². The Labute approximate surface area is 97.2 Å². The molecule has 0 rings (SSSR count). The summed E-state index contributed by atoms with van der Waals surface area (Å²) < 4.78 is 22.3. The summed E-state index contributed by atoms with van der Waals surface area (Å²) in [5, 5.41) is 0. The molecular weight excluding hydrogens is 228 g/mol. The lowest BCUT2D eigenvalue weighted by Gasteiger charge is -2.34. The van der Waals surface area contributed by atoms with Gasteiger partial charge < -0.3 is 17.7 Å². The summed E-state index contributed by atoms with van der Waals surface area (Å²) in [6, 6.07) is 0. The zero-order valence-electron chi connectivity index (χ0n) is 10.2. The first-order valence-electron chi connectivity index (χ1n) is 5.30. The van der Waals surface area contributed by atoms with Gasteiger partial charge in [-0.3, -0.25) is 0 Å². The average molecular weight is 249 g/mol. The van der Waals surface area contributed by atoms with Gasteiger partial charge in [0.25, 0.3) is 0 Å². The van der Waals surface area contributed by atoms with Crippen molar-refractivity contribution in [2.45, 2.75) is 46.4 Å². The van der Waals surface area contributed by atoms with E-state index in [0.717, 1.165) is 0 Å². The van der Waals surface area contributed by atoms with Crippen LogP contribution in [-0.4, -0.2) is 44.3 Å². The molecule has 15 heavy (non-hydrogen) atoms. The summed E-state index contributed by atoms with van der Waals surface area (Å²) >= 11 is 0. The molecule has 1 unspecified atom stereocenters. The van der Waals surface area contributed by atoms with E-state index in [4.69, 9.17) is 17.7 Å². The molecule has 0 heterocycles. The molecule has 0 aliphatic carbocycles. The first-order valence-corrected chi connectivity index (χ1v) is 7.51. The van der Waals surface area contributed by atoms with Gasteiger partial charge in [-0.1, -0.05) is 0 Å². The molecule has 0 fully saturated rings. The monoisotopic (exact) mass is 249 g/mol. The fourth-order valence-corrected chi connectivity index (χ4v) is 4.16. The molecule has 0 spiro atoms. The molecule has 0 aromatic rings. The molecule has 0 aliphatic heterocycles. The minimum atomic E-state index is -2.73. The van der Waals surface area contributed by atoms with Gasteiger partial charge in [0.15, 0.2) is 0 Å². The maximum Gasteiger partial charge on any atom is 0.529 e. The summed E-state index contributed by atoms with van der Waals surface area (Å²) in [7, 11) is 0.292. The standard InChI is InChI=1S/C9H21O4Si2/c1-6-10-15(11-7-2,9(5)12-14)13-8(3)4/h8-9H,6-7H2,1-5H3. The van der Waals surface area contributed by atoms with Crippen LogP contribution in [0.4, 0.5) is 0 Å². The van der Waals surface area contributed by atoms with Gasteiger partial charge >= 0.3 is 8.80 Å². The highest BCUT2D eigenvalue weighted by atomic mass is 28.4. The third-order valence-electron chi connectivity index (χ3n) is 1.77. The fraction of sp³-hybridized carbons (Fsp3) is 1.00. The minimum Gasteiger partial charge on any atom is -0.411 e. The van der Waals surface area contributed by atoms with E-state index in [0.29, 0.717) is 13.2 Å². The van der Waals surface area contributed by atoms with E-state index in [9.17, 15) is 0 Å². The summed E-state index contributed by atoms with van der Waals surface area (Å²) in [6.07, 6.45) is 0.0547. The minimum absolute atomic E-state index is 0.0547. The van der Waals surface area contributed by atoms with Gasteiger partial charge in [0.2, 0.25) is 10.5 Å². The Kier molecular flexibility index (Phi) is 7.67. The van der Waals surface area contributed by atoms with Crippen LogP contribution in [0.5, 0.6) is 0 Å². The first kappa shape index (κ1) is 15.3. The Morgan fingerprint density at radius 3 is 1.80 bits per heavy atom. The maximum absolute atomic E-state index is 5.81. The van der Waals surface area contributed by atoms with Gasteiger partial charge in [-0.25, -0.2) is 0 Å². The summed E-state index contributed by atoms with van der Waals surface area (Å²) in [4.78, 5) is 0. The normalized spacial score (nSPS) is 14.6. The van der Waals surface area contributed by atoms with Crippen LogP contribution < -0.4 is 0 Å². The van der Waals surface area contributed by atoms with E-state index < -0.39 is 8.80 Å². The van der Waals surface area contributed by atoms with Crippen molar-refractivity contribution in [1.82, 2.24) is 0 Å². The van der Waals surface area contributed by atoms with Gasteiger partial charge in [-0.05, 0) is 34.6 Å². The van der Waals surface area contributed by atoms with Crippen LogP contribution in [0.1, 0.15) is 34.6 Å². The largest absolute Gasteiger partial charge is 0.529 e.